The number of nitrogens with one attached hydrogen (secondary N) is 1. The molecular formula is C26H29N5O4S. The molecule has 1 unspecified atom stereocenters. The number of hydrogen-bond donors (Lipinski definition) is 3. The highest BCUT2D eigenvalue weighted by atomic mass is 32.1. The largest absolute Gasteiger partial charge is 0.497 e. The van der Waals surface area contributed by atoms with Gasteiger partial charge in [-0.3, -0.25) is 19.3 Å². The van der Waals surface area contributed by atoms with Gasteiger partial charge in [0.25, 0.3) is 11.8 Å². The maximum atomic E-state index is 14.0. The van der Waals surface area contributed by atoms with Crippen molar-refractivity contribution in [2.75, 3.05) is 17.7 Å². The molecule has 36 heavy (non-hydrogen) atoms. The molecule has 10 heteroatoms. The quantitative estimate of drug-likeness (QED) is 0.425. The van der Waals surface area contributed by atoms with E-state index in [0.29, 0.717) is 17.0 Å². The van der Waals surface area contributed by atoms with Crippen LogP contribution in [0.25, 0.3) is 0 Å². The third-order valence-electron chi connectivity index (χ3n) is 6.30. The Morgan fingerprint density at radius 1 is 1.06 bits per heavy atom. The highest BCUT2D eigenvalue weighted by Crippen LogP contribution is 2.34. The molecule has 0 spiro atoms. The summed E-state index contributed by atoms with van der Waals surface area (Å²) in [5.41, 5.74) is 12.3. The van der Waals surface area contributed by atoms with Crippen LogP contribution in [0.5, 0.6) is 5.75 Å². The lowest BCUT2D eigenvalue weighted by Gasteiger charge is -2.33. The second kappa shape index (κ2) is 11.2. The topological polar surface area (TPSA) is 141 Å². The van der Waals surface area contributed by atoms with Gasteiger partial charge in [0.05, 0.1) is 12.8 Å². The third-order valence-corrected chi connectivity index (χ3v) is 7.15. The number of anilines is 2. The molecule has 0 bridgehead atoms. The van der Waals surface area contributed by atoms with Gasteiger partial charge in [0.2, 0.25) is 5.91 Å². The van der Waals surface area contributed by atoms with E-state index in [9.17, 15) is 14.4 Å². The van der Waals surface area contributed by atoms with Crippen LogP contribution in [-0.4, -0.2) is 35.2 Å². The fraction of sp³-hybridized carbons (Fsp3) is 0.308. The number of ether oxygens (including phenoxy) is 1. The first-order valence-corrected chi connectivity index (χ1v) is 12.6. The summed E-state index contributed by atoms with van der Waals surface area (Å²) in [6.07, 6.45) is 5.03. The Morgan fingerprint density at radius 2 is 1.72 bits per heavy atom. The van der Waals surface area contributed by atoms with E-state index < -0.39 is 17.9 Å². The lowest BCUT2D eigenvalue weighted by molar-refractivity contribution is -0.123. The molecule has 0 saturated heterocycles. The normalized spacial score (nSPS) is 14.6. The van der Waals surface area contributed by atoms with Crippen LogP contribution in [0.3, 0.4) is 0 Å². The Bertz CT molecular complexity index is 1220. The molecule has 1 atom stereocenters. The fourth-order valence-corrected chi connectivity index (χ4v) is 5.18. The first kappa shape index (κ1) is 25.2. The highest BCUT2D eigenvalue weighted by Gasteiger charge is 2.36. The first-order valence-electron chi connectivity index (χ1n) is 11.8. The third kappa shape index (κ3) is 5.33. The summed E-state index contributed by atoms with van der Waals surface area (Å²) in [6, 6.07) is 14.9. The number of hydrogen-bond acceptors (Lipinski definition) is 7. The second-order valence-corrected chi connectivity index (χ2v) is 9.44. The van der Waals surface area contributed by atoms with Crippen molar-refractivity contribution in [1.29, 1.82) is 0 Å². The predicted octanol–water partition coefficient (Wildman–Crippen LogP) is 3.67. The summed E-state index contributed by atoms with van der Waals surface area (Å²) in [5.74, 6) is -1.05. The summed E-state index contributed by atoms with van der Waals surface area (Å²) >= 11 is 0.783. The van der Waals surface area contributed by atoms with E-state index in [2.05, 4.69) is 9.69 Å². The van der Waals surface area contributed by atoms with Crippen LogP contribution in [0.15, 0.2) is 54.6 Å². The molecule has 188 valence electrons. The molecule has 3 amide bonds. The number of amides is 3. The van der Waals surface area contributed by atoms with E-state index in [4.69, 9.17) is 16.2 Å². The van der Waals surface area contributed by atoms with Gasteiger partial charge in [0.15, 0.2) is 5.69 Å². The first-order chi connectivity index (χ1) is 17.4. The summed E-state index contributed by atoms with van der Waals surface area (Å²) < 4.78 is 9.27. The lowest BCUT2D eigenvalue weighted by Crippen LogP contribution is -2.47. The van der Waals surface area contributed by atoms with Gasteiger partial charge in [0, 0.05) is 11.7 Å². The Kier molecular flexibility index (Phi) is 7.84. The molecule has 2 aromatic carbocycles. The molecule has 1 aliphatic rings. The average Bonchev–Trinajstić information content (AvgIpc) is 3.29. The SMILES string of the molecule is COc1ccc(C(C(=O)NC2CCCCC2)N(C(=O)c2snc(C(N)=O)c2N)c2ccccc2)cc1. The zero-order chi connectivity index (χ0) is 25.7. The fourth-order valence-electron chi connectivity index (χ4n) is 4.44. The molecule has 1 aliphatic carbocycles. The van der Waals surface area contributed by atoms with Gasteiger partial charge >= 0.3 is 0 Å². The lowest BCUT2D eigenvalue weighted by atomic mass is 9.94. The van der Waals surface area contributed by atoms with Crippen molar-refractivity contribution in [2.45, 2.75) is 44.2 Å². The van der Waals surface area contributed by atoms with Gasteiger partial charge in [-0.15, -0.1) is 0 Å². The number of nitrogens with two attached hydrogens (primary N) is 2. The van der Waals surface area contributed by atoms with Crippen molar-refractivity contribution in [1.82, 2.24) is 9.69 Å². The molecule has 5 N–H and O–H groups in total. The van der Waals surface area contributed by atoms with E-state index >= 15 is 0 Å². The monoisotopic (exact) mass is 507 g/mol. The molecule has 1 heterocycles. The number of para-hydroxylation sites is 1. The van der Waals surface area contributed by atoms with Gasteiger partial charge in [0.1, 0.15) is 16.7 Å². The van der Waals surface area contributed by atoms with E-state index in [0.717, 1.165) is 43.6 Å². The Hall–Kier alpha value is -3.92. The maximum Gasteiger partial charge on any atom is 0.273 e. The summed E-state index contributed by atoms with van der Waals surface area (Å²) in [6.45, 7) is 0. The number of methoxy groups -OCH3 is 1. The number of aromatic nitrogens is 1. The van der Waals surface area contributed by atoms with Gasteiger partial charge in [-0.05, 0) is 54.2 Å². The van der Waals surface area contributed by atoms with E-state index in [1.807, 2.05) is 6.07 Å². The van der Waals surface area contributed by atoms with Crippen LogP contribution >= 0.6 is 11.5 Å². The maximum absolute atomic E-state index is 14.0. The van der Waals surface area contributed by atoms with Crippen LogP contribution in [-0.2, 0) is 4.79 Å². The number of nitrogens with zero attached hydrogens (tertiary/aromatic N) is 2. The number of nitrogen functional groups attached to an aromatic ring is 1. The van der Waals surface area contributed by atoms with Gasteiger partial charge in [-0.25, -0.2) is 0 Å². The minimum absolute atomic E-state index is 0.0367. The molecule has 1 aromatic heterocycles. The Morgan fingerprint density at radius 3 is 2.31 bits per heavy atom. The molecule has 3 aromatic rings. The molecule has 1 fully saturated rings. The van der Waals surface area contributed by atoms with Crippen LogP contribution in [0, 0.1) is 0 Å². The number of primary amides is 1. The highest BCUT2D eigenvalue weighted by molar-refractivity contribution is 7.09. The van der Waals surface area contributed by atoms with E-state index in [-0.39, 0.29) is 28.2 Å². The van der Waals surface area contributed by atoms with Crippen molar-refractivity contribution in [3.05, 3.63) is 70.7 Å². The minimum Gasteiger partial charge on any atom is -0.497 e. The zero-order valence-corrected chi connectivity index (χ0v) is 20.8. The molecular weight excluding hydrogens is 478 g/mol. The van der Waals surface area contributed by atoms with Crippen molar-refractivity contribution in [3.63, 3.8) is 0 Å². The molecule has 1 saturated carbocycles. The molecule has 0 radical (unpaired) electrons. The van der Waals surface area contributed by atoms with Crippen LogP contribution in [0.1, 0.15) is 63.9 Å². The van der Waals surface area contributed by atoms with Crippen LogP contribution in [0.4, 0.5) is 11.4 Å². The van der Waals surface area contributed by atoms with E-state index in [1.165, 1.54) is 4.90 Å². The smallest absolute Gasteiger partial charge is 0.273 e. The van der Waals surface area contributed by atoms with Gasteiger partial charge < -0.3 is 21.5 Å². The Labute approximate surface area is 213 Å². The summed E-state index contributed by atoms with van der Waals surface area (Å²) in [5, 5.41) is 3.16. The average molecular weight is 508 g/mol. The molecule has 9 nitrogen and oxygen atoms in total. The number of benzene rings is 2. The van der Waals surface area contributed by atoms with Crippen molar-refractivity contribution in [3.8, 4) is 5.75 Å². The standard InChI is InChI=1S/C26H29N5O4S/c1-35-19-14-12-16(13-15-19)22(25(33)29-17-8-4-2-5-9-17)31(18-10-6-3-7-11-18)26(34)23-20(27)21(24(28)32)30-36-23/h3,6-7,10-15,17,22H,2,4-5,8-9,27H2,1H3,(H2,28,32)(H,29,33). The predicted molar refractivity (Wildman–Crippen MR) is 139 cm³/mol. The van der Waals surface area contributed by atoms with E-state index in [1.54, 1.807) is 55.6 Å². The van der Waals surface area contributed by atoms with Crippen LogP contribution in [0.2, 0.25) is 0 Å². The van der Waals surface area contributed by atoms with Crippen molar-refractivity contribution >= 4 is 40.6 Å². The molecule has 0 aliphatic heterocycles. The minimum atomic E-state index is -1.01. The summed E-state index contributed by atoms with van der Waals surface area (Å²) in [4.78, 5) is 41.0. The summed E-state index contributed by atoms with van der Waals surface area (Å²) in [7, 11) is 1.56. The van der Waals surface area contributed by atoms with Crippen molar-refractivity contribution in [2.24, 2.45) is 5.73 Å². The second-order valence-electron chi connectivity index (χ2n) is 8.67. The Balaban J connectivity index is 1.81. The van der Waals surface area contributed by atoms with Crippen LogP contribution < -0.4 is 26.4 Å². The molecule has 4 rings (SSSR count). The number of carbonyl (C=O) groups is 3. The van der Waals surface area contributed by atoms with Gasteiger partial charge in [-0.2, -0.15) is 4.37 Å². The van der Waals surface area contributed by atoms with Gasteiger partial charge in [-0.1, -0.05) is 49.6 Å². The number of carbonyl (C=O) groups excluding carboxylic acids is 3. The van der Waals surface area contributed by atoms with Crippen molar-refractivity contribution < 1.29 is 19.1 Å². The zero-order valence-electron chi connectivity index (χ0n) is 20.0. The number of rotatable bonds is 8.